The maximum Gasteiger partial charge on any atom is 0.282 e. The van der Waals surface area contributed by atoms with Crippen molar-refractivity contribution in [3.63, 3.8) is 0 Å². The first kappa shape index (κ1) is 16.7. The molecule has 0 radical (unpaired) electrons. The maximum atomic E-state index is 12.1. The number of hydrogen-bond donors (Lipinski definition) is 1. The lowest BCUT2D eigenvalue weighted by Gasteiger charge is -2.02. The highest BCUT2D eigenvalue weighted by atomic mass is 32.2. The third kappa shape index (κ3) is 4.66. The number of aryl methyl sites for hydroxylation is 1. The number of aromatic nitrogens is 2. The van der Waals surface area contributed by atoms with Crippen LogP contribution in [0.2, 0.25) is 0 Å². The smallest absolute Gasteiger partial charge is 0.282 e. The fourth-order valence-electron chi connectivity index (χ4n) is 2.11. The van der Waals surface area contributed by atoms with Gasteiger partial charge in [-0.15, -0.1) is 22.0 Å². The monoisotopic (exact) mass is 355 g/mol. The Kier molecular flexibility index (Phi) is 5.61. The predicted octanol–water partition coefficient (Wildman–Crippen LogP) is 4.07. The minimum Gasteiger partial charge on any atom is -0.346 e. The molecule has 1 heterocycles. The summed E-state index contributed by atoms with van der Waals surface area (Å²) in [4.78, 5) is 13.3. The second-order valence-electron chi connectivity index (χ2n) is 5.27. The zero-order valence-electron chi connectivity index (χ0n) is 13.2. The van der Waals surface area contributed by atoms with Crippen LogP contribution in [0.25, 0.3) is 0 Å². The number of carbonyl (C=O) groups is 1. The minimum absolute atomic E-state index is 0.178. The van der Waals surface area contributed by atoms with Gasteiger partial charge in [-0.2, -0.15) is 0 Å². The van der Waals surface area contributed by atoms with Crippen molar-refractivity contribution in [3.05, 3.63) is 75.7 Å². The second-order valence-corrected chi connectivity index (χ2v) is 7.39. The molecule has 0 aliphatic rings. The fraction of sp³-hybridized carbons (Fsp3) is 0.167. The third-order valence-electron chi connectivity index (χ3n) is 3.31. The van der Waals surface area contributed by atoms with Gasteiger partial charge in [0.05, 0.1) is 5.75 Å². The lowest BCUT2D eigenvalue weighted by atomic mass is 10.2. The summed E-state index contributed by atoms with van der Waals surface area (Å²) in [5.41, 5.74) is 2.30. The van der Waals surface area contributed by atoms with Crippen molar-refractivity contribution >= 4 is 29.0 Å². The van der Waals surface area contributed by atoms with Gasteiger partial charge in [-0.1, -0.05) is 59.4 Å². The van der Waals surface area contributed by atoms with Gasteiger partial charge in [0.1, 0.15) is 5.01 Å². The predicted molar refractivity (Wildman–Crippen MR) is 98.3 cm³/mol. The molecule has 0 spiro atoms. The molecule has 0 aliphatic heterocycles. The summed E-state index contributed by atoms with van der Waals surface area (Å²) in [6.45, 7) is 2.57. The van der Waals surface area contributed by atoms with Crippen LogP contribution < -0.4 is 5.32 Å². The first-order valence-electron chi connectivity index (χ1n) is 7.55. The molecule has 0 saturated carbocycles. The van der Waals surface area contributed by atoms with Crippen LogP contribution in [0.4, 0.5) is 0 Å². The number of thioether (sulfide) groups is 1. The number of benzene rings is 2. The van der Waals surface area contributed by atoms with E-state index in [0.29, 0.717) is 17.3 Å². The molecule has 4 nitrogen and oxygen atoms in total. The standard InChI is InChI=1S/C18H17N3OS2/c1-13-6-5-9-15(10-13)23-12-16-20-21-18(24-16)17(22)19-11-14-7-3-2-4-8-14/h2-10H,11-12H2,1H3,(H,19,22). The summed E-state index contributed by atoms with van der Waals surface area (Å²) in [5, 5.41) is 12.3. The van der Waals surface area contributed by atoms with Crippen molar-refractivity contribution in [3.8, 4) is 0 Å². The van der Waals surface area contributed by atoms with E-state index in [9.17, 15) is 4.79 Å². The SMILES string of the molecule is Cc1cccc(SCc2nnc(C(=O)NCc3ccccc3)s2)c1. The molecule has 3 aromatic rings. The molecule has 0 aliphatic carbocycles. The molecule has 0 saturated heterocycles. The van der Waals surface area contributed by atoms with Crippen LogP contribution in [0, 0.1) is 6.92 Å². The Balaban J connectivity index is 1.53. The van der Waals surface area contributed by atoms with E-state index in [0.717, 1.165) is 10.6 Å². The van der Waals surface area contributed by atoms with E-state index in [4.69, 9.17) is 0 Å². The number of rotatable bonds is 6. The van der Waals surface area contributed by atoms with Gasteiger partial charge in [-0.3, -0.25) is 4.79 Å². The summed E-state index contributed by atoms with van der Waals surface area (Å²) in [6, 6.07) is 18.1. The van der Waals surface area contributed by atoms with Crippen molar-refractivity contribution in [2.45, 2.75) is 24.1 Å². The molecule has 2 aromatic carbocycles. The van der Waals surface area contributed by atoms with Gasteiger partial charge in [-0.25, -0.2) is 0 Å². The van der Waals surface area contributed by atoms with Crippen molar-refractivity contribution in [1.29, 1.82) is 0 Å². The molecule has 0 atom stereocenters. The zero-order valence-corrected chi connectivity index (χ0v) is 14.9. The lowest BCUT2D eigenvalue weighted by Crippen LogP contribution is -2.22. The summed E-state index contributed by atoms with van der Waals surface area (Å²) >= 11 is 3.04. The molecule has 6 heteroatoms. The highest BCUT2D eigenvalue weighted by Gasteiger charge is 2.12. The molecule has 1 amide bonds. The van der Waals surface area contributed by atoms with Crippen LogP contribution >= 0.6 is 23.1 Å². The van der Waals surface area contributed by atoms with Crippen molar-refractivity contribution in [2.24, 2.45) is 0 Å². The average Bonchev–Trinajstić information content (AvgIpc) is 3.08. The molecule has 0 fully saturated rings. The van der Waals surface area contributed by atoms with Gasteiger partial charge in [0.2, 0.25) is 5.01 Å². The maximum absolute atomic E-state index is 12.1. The van der Waals surface area contributed by atoms with Gasteiger partial charge >= 0.3 is 0 Å². The summed E-state index contributed by atoms with van der Waals surface area (Å²) in [7, 11) is 0. The first-order valence-corrected chi connectivity index (χ1v) is 9.35. The van der Waals surface area contributed by atoms with E-state index in [-0.39, 0.29) is 5.91 Å². The van der Waals surface area contributed by atoms with Crippen LogP contribution in [0.5, 0.6) is 0 Å². The normalized spacial score (nSPS) is 10.5. The molecule has 24 heavy (non-hydrogen) atoms. The Hall–Kier alpha value is -2.18. The molecular weight excluding hydrogens is 338 g/mol. The first-order chi connectivity index (χ1) is 11.7. The van der Waals surface area contributed by atoms with Crippen molar-refractivity contribution in [1.82, 2.24) is 15.5 Å². The van der Waals surface area contributed by atoms with Crippen LogP contribution in [-0.2, 0) is 12.3 Å². The van der Waals surface area contributed by atoms with Crippen LogP contribution in [0.3, 0.4) is 0 Å². The van der Waals surface area contributed by atoms with E-state index in [1.165, 1.54) is 21.8 Å². The van der Waals surface area contributed by atoms with E-state index in [1.54, 1.807) is 11.8 Å². The number of hydrogen-bond acceptors (Lipinski definition) is 5. The topological polar surface area (TPSA) is 54.9 Å². The van der Waals surface area contributed by atoms with E-state index < -0.39 is 0 Å². The number of amides is 1. The van der Waals surface area contributed by atoms with Gasteiger partial charge < -0.3 is 5.32 Å². The Labute approximate surface area is 149 Å². The van der Waals surface area contributed by atoms with E-state index >= 15 is 0 Å². The highest BCUT2D eigenvalue weighted by molar-refractivity contribution is 7.98. The third-order valence-corrected chi connectivity index (χ3v) is 5.42. The number of carbonyl (C=O) groups excluding carboxylic acids is 1. The van der Waals surface area contributed by atoms with Crippen LogP contribution in [0.15, 0.2) is 59.5 Å². The van der Waals surface area contributed by atoms with Crippen molar-refractivity contribution in [2.75, 3.05) is 0 Å². The van der Waals surface area contributed by atoms with E-state index in [1.807, 2.05) is 36.4 Å². The molecule has 1 N–H and O–H groups in total. The lowest BCUT2D eigenvalue weighted by molar-refractivity contribution is 0.0950. The largest absolute Gasteiger partial charge is 0.346 e. The Morgan fingerprint density at radius 1 is 1.12 bits per heavy atom. The van der Waals surface area contributed by atoms with Crippen LogP contribution in [-0.4, -0.2) is 16.1 Å². The molecule has 0 unspecified atom stereocenters. The molecule has 3 rings (SSSR count). The molecular formula is C18H17N3OS2. The van der Waals surface area contributed by atoms with Crippen molar-refractivity contribution < 1.29 is 4.79 Å². The summed E-state index contributed by atoms with van der Waals surface area (Å²) < 4.78 is 0. The van der Waals surface area contributed by atoms with Gasteiger partial charge in [0.25, 0.3) is 5.91 Å². The molecule has 0 bridgehead atoms. The quantitative estimate of drug-likeness (QED) is 0.677. The average molecular weight is 355 g/mol. The fourth-order valence-corrected chi connectivity index (χ4v) is 3.86. The Morgan fingerprint density at radius 2 is 1.96 bits per heavy atom. The van der Waals surface area contributed by atoms with E-state index in [2.05, 4.69) is 40.6 Å². The van der Waals surface area contributed by atoms with Gasteiger partial charge in [0.15, 0.2) is 0 Å². The second kappa shape index (κ2) is 8.08. The Morgan fingerprint density at radius 3 is 2.75 bits per heavy atom. The van der Waals surface area contributed by atoms with Crippen LogP contribution in [0.1, 0.15) is 25.9 Å². The summed E-state index contributed by atoms with van der Waals surface area (Å²) in [6.07, 6.45) is 0. The summed E-state index contributed by atoms with van der Waals surface area (Å²) in [5.74, 6) is 0.538. The number of nitrogens with one attached hydrogen (secondary N) is 1. The molecule has 1 aromatic heterocycles. The zero-order chi connectivity index (χ0) is 16.8. The minimum atomic E-state index is -0.178. The number of nitrogens with zero attached hydrogens (tertiary/aromatic N) is 2. The molecule has 122 valence electrons. The van der Waals surface area contributed by atoms with Gasteiger partial charge in [-0.05, 0) is 24.6 Å². The Bertz CT molecular complexity index is 818. The van der Waals surface area contributed by atoms with Gasteiger partial charge in [0, 0.05) is 11.4 Å². The highest BCUT2D eigenvalue weighted by Crippen LogP contribution is 2.25.